The Kier molecular flexibility index (Phi) is 10.6. The van der Waals surface area contributed by atoms with Gasteiger partial charge >= 0.3 is 0 Å². The molecule has 3 amide bonds. The fourth-order valence-corrected chi connectivity index (χ4v) is 5.57. The third-order valence-corrected chi connectivity index (χ3v) is 7.95. The molecule has 7 nitrogen and oxygen atoms in total. The number of hydrogen-bond donors (Lipinski definition) is 2. The third-order valence-electron chi connectivity index (χ3n) is 7.95. The fourth-order valence-electron chi connectivity index (χ4n) is 5.57. The van der Waals surface area contributed by atoms with Crippen LogP contribution < -0.4 is 15.5 Å². The van der Waals surface area contributed by atoms with Crippen molar-refractivity contribution in [2.45, 2.75) is 25.7 Å². The zero-order chi connectivity index (χ0) is 31.6. The summed E-state index contributed by atoms with van der Waals surface area (Å²) in [6.45, 7) is 1.81. The van der Waals surface area contributed by atoms with Crippen LogP contribution in [-0.2, 0) is 11.2 Å². The topological polar surface area (TPSA) is 81.8 Å². The minimum atomic E-state index is -0.216. The number of rotatable bonds is 8. The zero-order valence-corrected chi connectivity index (χ0v) is 26.0. The van der Waals surface area contributed by atoms with E-state index in [-0.39, 0.29) is 17.7 Å². The number of carbonyl (C=O) groups is 3. The minimum Gasteiger partial charge on any atom is -0.351 e. The van der Waals surface area contributed by atoms with Crippen LogP contribution in [0.15, 0.2) is 115 Å². The number of hydrogen-bond acceptors (Lipinski definition) is 4. The number of benzene rings is 4. The van der Waals surface area contributed by atoms with Crippen molar-refractivity contribution in [2.24, 2.45) is 0 Å². The van der Waals surface area contributed by atoms with Crippen LogP contribution in [0, 0.1) is 0 Å². The first-order valence-corrected chi connectivity index (χ1v) is 15.5. The fraction of sp³-hybridized carbons (Fsp3) is 0.237. The van der Waals surface area contributed by atoms with Crippen molar-refractivity contribution >= 4 is 29.1 Å². The van der Waals surface area contributed by atoms with E-state index < -0.39 is 0 Å². The summed E-state index contributed by atoms with van der Waals surface area (Å²) in [4.78, 5) is 44.0. The molecular formula is C38H40N4O3. The monoisotopic (exact) mass is 600 g/mol. The third kappa shape index (κ3) is 8.13. The predicted molar refractivity (Wildman–Crippen MR) is 182 cm³/mol. The minimum absolute atomic E-state index is 0.0346. The molecule has 0 unspecified atom stereocenters. The maximum absolute atomic E-state index is 13.9. The molecule has 4 aromatic carbocycles. The van der Waals surface area contributed by atoms with Crippen LogP contribution in [0.25, 0.3) is 11.1 Å². The largest absolute Gasteiger partial charge is 0.351 e. The number of carbonyl (C=O) groups excluding carboxylic acids is 3. The highest BCUT2D eigenvalue weighted by molar-refractivity contribution is 6.10. The molecule has 7 heteroatoms. The highest BCUT2D eigenvalue weighted by Gasteiger charge is 2.22. The number of nitrogens with one attached hydrogen (secondary N) is 2. The lowest BCUT2D eigenvalue weighted by atomic mass is 9.99. The van der Waals surface area contributed by atoms with E-state index in [2.05, 4.69) is 16.7 Å². The van der Waals surface area contributed by atoms with Crippen LogP contribution in [0.5, 0.6) is 0 Å². The first-order chi connectivity index (χ1) is 21.9. The highest BCUT2D eigenvalue weighted by atomic mass is 16.2. The molecule has 1 aliphatic heterocycles. The molecule has 0 saturated heterocycles. The summed E-state index contributed by atoms with van der Waals surface area (Å²) < 4.78 is 0. The lowest BCUT2D eigenvalue weighted by molar-refractivity contribution is -0.117. The average Bonchev–Trinajstić information content (AvgIpc) is 3.06. The molecule has 45 heavy (non-hydrogen) atoms. The molecule has 0 aliphatic carbocycles. The van der Waals surface area contributed by atoms with E-state index in [1.54, 1.807) is 24.3 Å². The summed E-state index contributed by atoms with van der Waals surface area (Å²) in [7, 11) is 3.96. The van der Waals surface area contributed by atoms with Crippen LogP contribution in [0.2, 0.25) is 0 Å². The molecule has 230 valence electrons. The van der Waals surface area contributed by atoms with Crippen molar-refractivity contribution in [2.75, 3.05) is 43.9 Å². The number of likely N-dealkylation sites (N-methyl/N-ethyl adjacent to an activating group) is 1. The van der Waals surface area contributed by atoms with E-state index in [4.69, 9.17) is 0 Å². The van der Waals surface area contributed by atoms with Crippen molar-refractivity contribution in [1.29, 1.82) is 0 Å². The summed E-state index contributed by atoms with van der Waals surface area (Å²) in [5.74, 6) is -0.375. The van der Waals surface area contributed by atoms with Crippen molar-refractivity contribution in [3.05, 3.63) is 131 Å². The molecule has 0 bridgehead atoms. The van der Waals surface area contributed by atoms with Crippen molar-refractivity contribution in [3.8, 4) is 11.1 Å². The van der Waals surface area contributed by atoms with Crippen LogP contribution in [0.1, 0.15) is 45.5 Å². The van der Waals surface area contributed by atoms with Crippen molar-refractivity contribution in [1.82, 2.24) is 10.2 Å². The zero-order valence-electron chi connectivity index (χ0n) is 26.0. The van der Waals surface area contributed by atoms with Gasteiger partial charge in [0.05, 0.1) is 0 Å². The van der Waals surface area contributed by atoms with E-state index >= 15 is 0 Å². The number of aryl methyl sites for hydroxylation is 1. The Balaban J connectivity index is 1.31. The summed E-state index contributed by atoms with van der Waals surface area (Å²) in [5.41, 5.74) is 6.28. The van der Waals surface area contributed by atoms with Gasteiger partial charge in [0, 0.05) is 47.7 Å². The van der Waals surface area contributed by atoms with Crippen LogP contribution in [0.4, 0.5) is 11.4 Å². The Bertz CT molecular complexity index is 1660. The lowest BCUT2D eigenvalue weighted by Crippen LogP contribution is -2.34. The number of anilines is 2. The summed E-state index contributed by atoms with van der Waals surface area (Å²) in [6.07, 6.45) is 4.81. The number of amides is 3. The molecule has 1 aliphatic rings. The smallest absolute Gasteiger partial charge is 0.258 e. The van der Waals surface area contributed by atoms with Gasteiger partial charge in [0.25, 0.3) is 11.8 Å². The lowest BCUT2D eigenvalue weighted by Gasteiger charge is -2.26. The SMILES string of the molecule is CN(C)CCNC(=O)/C1=C/CCN(C(=O)c2ccc(NC(=O)c3ccccc3-c3ccccc3)cc2)c2ccccc2CCC1. The molecule has 0 saturated carbocycles. The van der Waals surface area contributed by atoms with Crippen LogP contribution >= 0.6 is 0 Å². The Morgan fingerprint density at radius 2 is 1.49 bits per heavy atom. The Morgan fingerprint density at radius 1 is 0.778 bits per heavy atom. The molecule has 0 atom stereocenters. The first kappa shape index (κ1) is 31.4. The van der Waals surface area contributed by atoms with Gasteiger partial charge in [-0.25, -0.2) is 0 Å². The molecule has 2 N–H and O–H groups in total. The molecule has 0 radical (unpaired) electrons. The van der Waals surface area contributed by atoms with Gasteiger partial charge in [-0.15, -0.1) is 0 Å². The standard InChI is InChI=1S/C38H40N4O3/c1-41(2)27-25-39-36(43)30-16-10-15-29-14-6-9-20-35(29)42(26-11-17-30)38(45)31-21-23-32(24-22-31)40-37(44)34-19-8-7-18-33(34)28-12-4-3-5-13-28/h3-9,12-14,17-24H,10-11,15-16,25-27H2,1-2H3,(H,39,43)(H,40,44)/b30-17+. The quantitative estimate of drug-likeness (QED) is 0.239. The Labute approximate surface area is 265 Å². The van der Waals surface area contributed by atoms with E-state index in [1.165, 1.54) is 0 Å². The second-order valence-corrected chi connectivity index (χ2v) is 11.5. The maximum atomic E-state index is 13.9. The number of fused-ring (bicyclic) bond motifs is 1. The summed E-state index contributed by atoms with van der Waals surface area (Å²) in [5, 5.41) is 6.02. The van der Waals surface area contributed by atoms with Gasteiger partial charge in [-0.2, -0.15) is 0 Å². The second kappa shape index (κ2) is 15.1. The first-order valence-electron chi connectivity index (χ1n) is 15.5. The summed E-state index contributed by atoms with van der Waals surface area (Å²) in [6, 6.07) is 32.4. The van der Waals surface area contributed by atoms with Gasteiger partial charge in [-0.3, -0.25) is 14.4 Å². The molecule has 0 fully saturated rings. The second-order valence-electron chi connectivity index (χ2n) is 11.5. The molecule has 0 spiro atoms. The average molecular weight is 601 g/mol. The van der Waals surface area contributed by atoms with Gasteiger partial charge in [0.15, 0.2) is 0 Å². The normalized spacial score (nSPS) is 14.6. The van der Waals surface area contributed by atoms with Gasteiger partial charge in [0.2, 0.25) is 5.91 Å². The van der Waals surface area contributed by atoms with Crippen LogP contribution in [-0.4, -0.2) is 56.4 Å². The van der Waals surface area contributed by atoms with Crippen LogP contribution in [0.3, 0.4) is 0 Å². The molecule has 1 heterocycles. The van der Waals surface area contributed by atoms with Crippen molar-refractivity contribution in [3.63, 3.8) is 0 Å². The van der Waals surface area contributed by atoms with E-state index in [0.717, 1.165) is 47.3 Å². The van der Waals surface area contributed by atoms with Gasteiger partial charge in [-0.05, 0) is 92.9 Å². The predicted octanol–water partition coefficient (Wildman–Crippen LogP) is 6.58. The van der Waals surface area contributed by atoms with E-state index in [9.17, 15) is 14.4 Å². The number of para-hydroxylation sites is 1. The molecule has 5 rings (SSSR count). The van der Waals surface area contributed by atoms with Gasteiger partial charge in [0.1, 0.15) is 0 Å². The molecule has 4 aromatic rings. The Morgan fingerprint density at radius 3 is 2.27 bits per heavy atom. The number of nitrogens with zero attached hydrogens (tertiary/aromatic N) is 2. The van der Waals surface area contributed by atoms with Crippen molar-refractivity contribution < 1.29 is 14.4 Å². The van der Waals surface area contributed by atoms with Gasteiger partial charge in [-0.1, -0.05) is 72.8 Å². The molecule has 0 aromatic heterocycles. The van der Waals surface area contributed by atoms with Gasteiger partial charge < -0.3 is 20.4 Å². The highest BCUT2D eigenvalue weighted by Crippen LogP contribution is 2.28. The maximum Gasteiger partial charge on any atom is 0.258 e. The van der Waals surface area contributed by atoms with E-state index in [0.29, 0.717) is 42.7 Å². The summed E-state index contributed by atoms with van der Waals surface area (Å²) >= 11 is 0. The van der Waals surface area contributed by atoms with E-state index in [1.807, 2.05) is 103 Å². The molecular weight excluding hydrogens is 560 g/mol. The Hall–Kier alpha value is -5.01.